The highest BCUT2D eigenvalue weighted by atomic mass is 16.3. The molecule has 1 unspecified atom stereocenters. The van der Waals surface area contributed by atoms with Crippen LogP contribution in [0.15, 0.2) is 71.4 Å². The van der Waals surface area contributed by atoms with Gasteiger partial charge in [0.1, 0.15) is 6.17 Å². The third-order valence-electron chi connectivity index (χ3n) is 5.31. The number of aryl methyl sites for hydroxylation is 1. The maximum absolute atomic E-state index is 7.61. The van der Waals surface area contributed by atoms with Crippen LogP contribution in [-0.2, 0) is 6.42 Å². The molecular weight excluding hydrogens is 322 g/mol. The predicted octanol–water partition coefficient (Wildman–Crippen LogP) is 4.97. The van der Waals surface area contributed by atoms with Crippen LogP contribution in [0.3, 0.4) is 0 Å². The van der Waals surface area contributed by atoms with Gasteiger partial charge in [0.05, 0.1) is 5.69 Å². The zero-order valence-corrected chi connectivity index (χ0v) is 13.9. The fourth-order valence-corrected chi connectivity index (χ4v) is 4.15. The van der Waals surface area contributed by atoms with Gasteiger partial charge in [-0.2, -0.15) is 0 Å². The van der Waals surface area contributed by atoms with Gasteiger partial charge in [-0.05, 0) is 42.7 Å². The summed E-state index contributed by atoms with van der Waals surface area (Å²) in [5.41, 5.74) is 4.57. The standard InChI is InChI=1S/C22H17N3O/c1-14-7-9-18-17-10-8-15-13-19-24(16-5-3-2-4-6-16)11-12-25(19)20(15)21(17)26-22(18)23-14/h2-12,19H,13H2,1H3/i1D3. The fraction of sp³-hybridized carbons (Fsp3) is 0.136. The van der Waals surface area contributed by atoms with Gasteiger partial charge in [-0.25, -0.2) is 4.98 Å². The number of furan rings is 1. The summed E-state index contributed by atoms with van der Waals surface area (Å²) in [4.78, 5) is 8.78. The molecule has 0 saturated heterocycles. The molecule has 126 valence electrons. The highest BCUT2D eigenvalue weighted by Gasteiger charge is 2.38. The number of rotatable bonds is 1. The van der Waals surface area contributed by atoms with Crippen LogP contribution >= 0.6 is 0 Å². The SMILES string of the molecule is [2H]C([2H])([2H])c1ccc2c(n1)oc1c3c(ccc12)CC1N(c2ccccc2)C=CN31. The highest BCUT2D eigenvalue weighted by molar-refractivity contribution is 6.09. The number of hydrogen-bond acceptors (Lipinski definition) is 4. The summed E-state index contributed by atoms with van der Waals surface area (Å²) in [5, 5.41) is 1.79. The Morgan fingerprint density at radius 2 is 1.85 bits per heavy atom. The first kappa shape index (κ1) is 11.4. The van der Waals surface area contributed by atoms with Crippen LogP contribution in [0.5, 0.6) is 0 Å². The number of nitrogens with zero attached hydrogens (tertiary/aromatic N) is 3. The average molecular weight is 342 g/mol. The number of pyridine rings is 1. The van der Waals surface area contributed by atoms with Crippen LogP contribution in [0, 0.1) is 6.85 Å². The molecule has 0 fully saturated rings. The zero-order valence-electron chi connectivity index (χ0n) is 16.9. The van der Waals surface area contributed by atoms with Crippen molar-refractivity contribution < 1.29 is 8.53 Å². The molecular formula is C22H17N3O. The van der Waals surface area contributed by atoms with Crippen molar-refractivity contribution >= 4 is 33.4 Å². The molecule has 4 heterocycles. The van der Waals surface area contributed by atoms with E-state index in [1.807, 2.05) is 18.2 Å². The van der Waals surface area contributed by atoms with Crippen molar-refractivity contribution in [2.24, 2.45) is 0 Å². The summed E-state index contributed by atoms with van der Waals surface area (Å²) in [6, 6.07) is 17.9. The van der Waals surface area contributed by atoms with E-state index in [4.69, 9.17) is 8.53 Å². The van der Waals surface area contributed by atoms with Gasteiger partial charge < -0.3 is 14.2 Å². The van der Waals surface area contributed by atoms with Gasteiger partial charge in [0.2, 0.25) is 5.71 Å². The van der Waals surface area contributed by atoms with E-state index in [0.717, 1.165) is 34.2 Å². The molecule has 0 aliphatic carbocycles. The van der Waals surface area contributed by atoms with E-state index in [-0.39, 0.29) is 11.9 Å². The molecule has 0 saturated carbocycles. The van der Waals surface area contributed by atoms with Gasteiger partial charge in [-0.1, -0.05) is 24.3 Å². The minimum Gasteiger partial charge on any atom is -0.435 e. The molecule has 0 spiro atoms. The number of para-hydroxylation sites is 1. The summed E-state index contributed by atoms with van der Waals surface area (Å²) in [5.74, 6) is 0. The van der Waals surface area contributed by atoms with E-state index in [0.29, 0.717) is 5.71 Å². The second kappa shape index (κ2) is 4.88. The minimum atomic E-state index is -2.26. The van der Waals surface area contributed by atoms with Gasteiger partial charge in [0.15, 0.2) is 5.58 Å². The van der Waals surface area contributed by atoms with Crippen molar-refractivity contribution in [3.63, 3.8) is 0 Å². The van der Waals surface area contributed by atoms with Crippen molar-refractivity contribution in [1.82, 2.24) is 4.98 Å². The van der Waals surface area contributed by atoms with Gasteiger partial charge in [0, 0.05) is 45.1 Å². The molecule has 6 rings (SSSR count). The lowest BCUT2D eigenvalue weighted by Crippen LogP contribution is -2.36. The van der Waals surface area contributed by atoms with Crippen molar-refractivity contribution in [2.75, 3.05) is 9.80 Å². The Hall–Kier alpha value is -3.27. The highest BCUT2D eigenvalue weighted by Crippen LogP contribution is 2.45. The summed E-state index contributed by atoms with van der Waals surface area (Å²) in [7, 11) is 0. The van der Waals surface area contributed by atoms with Crippen molar-refractivity contribution in [3.8, 4) is 0 Å². The number of hydrogen-bond donors (Lipinski definition) is 0. The monoisotopic (exact) mass is 342 g/mol. The van der Waals surface area contributed by atoms with Gasteiger partial charge in [-0.3, -0.25) is 0 Å². The third kappa shape index (κ3) is 1.76. The molecule has 2 aromatic carbocycles. The van der Waals surface area contributed by atoms with Crippen LogP contribution < -0.4 is 9.80 Å². The van der Waals surface area contributed by atoms with Crippen molar-refractivity contribution in [2.45, 2.75) is 19.4 Å². The normalized spacial score (nSPS) is 20.3. The Labute approximate surface area is 155 Å². The molecule has 0 radical (unpaired) electrons. The Morgan fingerprint density at radius 3 is 2.73 bits per heavy atom. The number of anilines is 2. The Bertz CT molecular complexity index is 1290. The van der Waals surface area contributed by atoms with Crippen molar-refractivity contribution in [3.05, 3.63) is 78.3 Å². The molecule has 0 N–H and O–H groups in total. The first-order valence-corrected chi connectivity index (χ1v) is 8.66. The van der Waals surface area contributed by atoms with Gasteiger partial charge >= 0.3 is 0 Å². The van der Waals surface area contributed by atoms with E-state index in [1.54, 1.807) is 12.1 Å². The molecule has 26 heavy (non-hydrogen) atoms. The molecule has 1 atom stereocenters. The number of benzene rings is 2. The maximum atomic E-state index is 7.61. The lowest BCUT2D eigenvalue weighted by molar-refractivity contribution is 0.650. The molecule has 2 aromatic heterocycles. The second-order valence-corrected chi connectivity index (χ2v) is 6.73. The number of fused-ring (bicyclic) bond motifs is 7. The lowest BCUT2D eigenvalue weighted by atomic mass is 10.1. The summed E-state index contributed by atoms with van der Waals surface area (Å²) < 4.78 is 29.0. The Kier molecular flexibility index (Phi) is 2.13. The van der Waals surface area contributed by atoms with E-state index in [2.05, 4.69) is 51.4 Å². The summed E-state index contributed by atoms with van der Waals surface area (Å²) >= 11 is 0. The van der Waals surface area contributed by atoms with Crippen LogP contribution in [0.25, 0.3) is 22.1 Å². The quantitative estimate of drug-likeness (QED) is 0.489. The molecule has 4 aromatic rings. The fourth-order valence-electron chi connectivity index (χ4n) is 4.15. The minimum absolute atomic E-state index is 0.0508. The molecule has 4 nitrogen and oxygen atoms in total. The Balaban J connectivity index is 1.49. The smallest absolute Gasteiger partial charge is 0.227 e. The summed E-state index contributed by atoms with van der Waals surface area (Å²) in [6.07, 6.45) is 5.21. The molecule has 4 heteroatoms. The largest absolute Gasteiger partial charge is 0.435 e. The third-order valence-corrected chi connectivity index (χ3v) is 5.31. The molecule has 0 bridgehead atoms. The number of aromatic nitrogens is 1. The second-order valence-electron chi connectivity index (χ2n) is 6.73. The molecule has 2 aliphatic rings. The van der Waals surface area contributed by atoms with E-state index >= 15 is 0 Å². The van der Waals surface area contributed by atoms with Gasteiger partial charge in [0.25, 0.3) is 0 Å². The predicted molar refractivity (Wildman–Crippen MR) is 104 cm³/mol. The van der Waals surface area contributed by atoms with Crippen molar-refractivity contribution in [1.29, 1.82) is 0 Å². The first-order valence-electron chi connectivity index (χ1n) is 10.2. The van der Waals surface area contributed by atoms with E-state index < -0.39 is 6.85 Å². The average Bonchev–Trinajstić information content (AvgIpc) is 3.37. The molecule has 0 amide bonds. The van der Waals surface area contributed by atoms with Crippen LogP contribution in [0.4, 0.5) is 11.4 Å². The van der Waals surface area contributed by atoms with Crippen LogP contribution in [-0.4, -0.2) is 11.1 Å². The maximum Gasteiger partial charge on any atom is 0.227 e. The molecule has 2 aliphatic heterocycles. The van der Waals surface area contributed by atoms with Gasteiger partial charge in [-0.15, -0.1) is 0 Å². The summed E-state index contributed by atoms with van der Waals surface area (Å²) in [6.45, 7) is -2.26. The lowest BCUT2D eigenvalue weighted by Gasteiger charge is -2.27. The Morgan fingerprint density at radius 1 is 1.00 bits per heavy atom. The topological polar surface area (TPSA) is 32.5 Å². The van der Waals surface area contributed by atoms with Crippen LogP contribution in [0.1, 0.15) is 15.4 Å². The van der Waals surface area contributed by atoms with E-state index in [9.17, 15) is 0 Å². The van der Waals surface area contributed by atoms with Crippen LogP contribution in [0.2, 0.25) is 0 Å². The first-order chi connectivity index (χ1) is 14.0. The zero-order chi connectivity index (χ0) is 19.8. The van der Waals surface area contributed by atoms with E-state index in [1.165, 1.54) is 5.56 Å².